The molecule has 0 heterocycles. The maximum Gasteiger partial charge on any atom is 0.318 e. The number of carbonyl (C=O) groups is 4. The summed E-state index contributed by atoms with van der Waals surface area (Å²) in [6.07, 6.45) is 1.74. The van der Waals surface area contributed by atoms with Crippen LogP contribution < -0.4 is 21.7 Å². The molecule has 0 rings (SSSR count). The maximum absolute atomic E-state index is 11.6. The highest BCUT2D eigenvalue weighted by Gasteiger charge is 2.26. The number of imide groups is 1. The summed E-state index contributed by atoms with van der Waals surface area (Å²) < 4.78 is 0. The minimum absolute atomic E-state index is 0.265. The molecule has 126 valence electrons. The van der Waals surface area contributed by atoms with E-state index < -0.39 is 30.0 Å². The van der Waals surface area contributed by atoms with Crippen molar-refractivity contribution in [3.05, 3.63) is 0 Å². The fourth-order valence-electron chi connectivity index (χ4n) is 1.63. The Balaban J connectivity index is 4.27. The van der Waals surface area contributed by atoms with Crippen molar-refractivity contribution in [1.82, 2.24) is 16.0 Å². The van der Waals surface area contributed by atoms with Crippen molar-refractivity contribution in [2.24, 2.45) is 5.73 Å². The molecule has 9 nitrogen and oxygen atoms in total. The molecule has 0 fully saturated rings. The summed E-state index contributed by atoms with van der Waals surface area (Å²) in [5.74, 6) is -1.85. The number of urea groups is 1. The van der Waals surface area contributed by atoms with E-state index in [9.17, 15) is 24.3 Å². The van der Waals surface area contributed by atoms with Gasteiger partial charge < -0.3 is 21.5 Å². The zero-order valence-electron chi connectivity index (χ0n) is 12.8. The monoisotopic (exact) mass is 316 g/mol. The molecular weight excluding hydrogens is 292 g/mol. The number of amides is 5. The Morgan fingerprint density at radius 1 is 1.14 bits per heavy atom. The predicted molar refractivity (Wildman–Crippen MR) is 78.5 cm³/mol. The van der Waals surface area contributed by atoms with Crippen LogP contribution in [0.25, 0.3) is 0 Å². The summed E-state index contributed by atoms with van der Waals surface area (Å²) in [6.45, 7) is 2.96. The van der Waals surface area contributed by atoms with Crippen LogP contribution in [0.5, 0.6) is 0 Å². The van der Waals surface area contributed by atoms with Crippen LogP contribution in [0.4, 0.5) is 4.79 Å². The summed E-state index contributed by atoms with van der Waals surface area (Å²) in [4.78, 5) is 45.3. The lowest BCUT2D eigenvalue weighted by molar-refractivity contribution is -0.131. The highest BCUT2D eigenvalue weighted by molar-refractivity contribution is 5.98. The van der Waals surface area contributed by atoms with Crippen molar-refractivity contribution in [3.8, 4) is 0 Å². The molecule has 0 saturated heterocycles. The Kier molecular flexibility index (Phi) is 9.51. The minimum atomic E-state index is -1.34. The first-order valence-corrected chi connectivity index (χ1v) is 7.12. The van der Waals surface area contributed by atoms with Gasteiger partial charge in [-0.15, -0.1) is 0 Å². The van der Waals surface area contributed by atoms with Crippen molar-refractivity contribution in [1.29, 1.82) is 0 Å². The van der Waals surface area contributed by atoms with E-state index in [1.807, 2.05) is 6.92 Å². The first kappa shape index (κ1) is 19.8. The molecule has 9 heteroatoms. The molecule has 0 bridgehead atoms. The Hall–Kier alpha value is -2.16. The van der Waals surface area contributed by atoms with Crippen molar-refractivity contribution < 1.29 is 24.3 Å². The quantitative estimate of drug-likeness (QED) is 0.336. The molecule has 0 aliphatic heterocycles. The first-order valence-electron chi connectivity index (χ1n) is 7.12. The molecule has 0 unspecified atom stereocenters. The van der Waals surface area contributed by atoms with Gasteiger partial charge >= 0.3 is 6.03 Å². The third-order valence-corrected chi connectivity index (χ3v) is 2.78. The van der Waals surface area contributed by atoms with Crippen LogP contribution in [0.3, 0.4) is 0 Å². The molecule has 0 aliphatic carbocycles. The molecule has 0 spiro atoms. The Bertz CT molecular complexity index is 411. The number of carbonyl (C=O) groups excluding carboxylic acids is 4. The molecule has 6 N–H and O–H groups in total. The molecule has 0 radical (unpaired) electrons. The van der Waals surface area contributed by atoms with E-state index in [0.717, 1.165) is 19.3 Å². The third kappa shape index (κ3) is 8.90. The lowest BCUT2D eigenvalue weighted by atomic mass is 10.1. The van der Waals surface area contributed by atoms with Crippen LogP contribution in [-0.2, 0) is 14.4 Å². The van der Waals surface area contributed by atoms with Crippen LogP contribution in [0, 0.1) is 0 Å². The number of rotatable bonds is 9. The largest absolute Gasteiger partial charge is 0.391 e. The van der Waals surface area contributed by atoms with Gasteiger partial charge in [-0.3, -0.25) is 19.7 Å². The van der Waals surface area contributed by atoms with Crippen LogP contribution in [0.15, 0.2) is 0 Å². The van der Waals surface area contributed by atoms with Gasteiger partial charge in [0.1, 0.15) is 6.04 Å². The fourth-order valence-corrected chi connectivity index (χ4v) is 1.63. The lowest BCUT2D eigenvalue weighted by Gasteiger charge is -2.20. The average Bonchev–Trinajstić information content (AvgIpc) is 2.41. The highest BCUT2D eigenvalue weighted by Crippen LogP contribution is 1.98. The van der Waals surface area contributed by atoms with Gasteiger partial charge in [0.05, 0.1) is 12.6 Å². The van der Waals surface area contributed by atoms with Gasteiger partial charge in [0.15, 0.2) is 0 Å². The number of nitrogens with two attached hydrogens (primary N) is 1. The molecule has 22 heavy (non-hydrogen) atoms. The van der Waals surface area contributed by atoms with E-state index >= 15 is 0 Å². The first-order chi connectivity index (χ1) is 10.3. The van der Waals surface area contributed by atoms with Gasteiger partial charge in [0.25, 0.3) is 5.91 Å². The van der Waals surface area contributed by atoms with E-state index in [2.05, 4.69) is 10.6 Å². The summed E-state index contributed by atoms with van der Waals surface area (Å²) in [7, 11) is 0. The third-order valence-electron chi connectivity index (χ3n) is 2.78. The summed E-state index contributed by atoms with van der Waals surface area (Å²) in [5, 5.41) is 15.8. The van der Waals surface area contributed by atoms with Crippen LogP contribution >= 0.6 is 0 Å². The van der Waals surface area contributed by atoms with Gasteiger partial charge in [-0.05, 0) is 13.3 Å². The summed E-state index contributed by atoms with van der Waals surface area (Å²) in [6, 6.07) is -2.42. The normalized spacial score (nSPS) is 12.9. The van der Waals surface area contributed by atoms with E-state index in [1.165, 1.54) is 6.92 Å². The van der Waals surface area contributed by atoms with Gasteiger partial charge in [-0.1, -0.05) is 19.8 Å². The Morgan fingerprint density at radius 2 is 1.77 bits per heavy atom. The van der Waals surface area contributed by atoms with Crippen LogP contribution in [-0.4, -0.2) is 47.5 Å². The zero-order valence-corrected chi connectivity index (χ0v) is 12.8. The van der Waals surface area contributed by atoms with Crippen molar-refractivity contribution in [2.75, 3.05) is 6.54 Å². The minimum Gasteiger partial charge on any atom is -0.391 e. The predicted octanol–water partition coefficient (Wildman–Crippen LogP) is -1.26. The Labute approximate surface area is 129 Å². The maximum atomic E-state index is 11.6. The smallest absolute Gasteiger partial charge is 0.318 e. The van der Waals surface area contributed by atoms with Gasteiger partial charge in [0, 0.05) is 6.42 Å². The van der Waals surface area contributed by atoms with Crippen molar-refractivity contribution in [2.45, 2.75) is 51.7 Å². The topological polar surface area (TPSA) is 151 Å². The van der Waals surface area contributed by atoms with E-state index in [0.29, 0.717) is 6.42 Å². The second-order valence-corrected chi connectivity index (χ2v) is 4.87. The number of primary amides is 1. The second kappa shape index (κ2) is 10.6. The van der Waals surface area contributed by atoms with E-state index in [-0.39, 0.29) is 12.5 Å². The van der Waals surface area contributed by atoms with Crippen LogP contribution in [0.1, 0.15) is 39.5 Å². The zero-order chi connectivity index (χ0) is 17.1. The molecule has 0 aromatic rings. The molecule has 5 amide bonds. The Morgan fingerprint density at radius 3 is 2.27 bits per heavy atom. The summed E-state index contributed by atoms with van der Waals surface area (Å²) >= 11 is 0. The van der Waals surface area contributed by atoms with Crippen LogP contribution in [0.2, 0.25) is 0 Å². The number of hydrogen-bond acceptors (Lipinski definition) is 5. The van der Waals surface area contributed by atoms with E-state index in [1.54, 1.807) is 5.32 Å². The molecule has 0 aromatic heterocycles. The van der Waals surface area contributed by atoms with Gasteiger partial charge in [-0.25, -0.2) is 4.79 Å². The number of unbranched alkanes of at least 4 members (excludes halogenated alkanes) is 2. The van der Waals surface area contributed by atoms with E-state index in [4.69, 9.17) is 5.73 Å². The molecule has 2 atom stereocenters. The highest BCUT2D eigenvalue weighted by atomic mass is 16.3. The number of hydrogen-bond donors (Lipinski definition) is 5. The fraction of sp³-hybridized carbons (Fsp3) is 0.692. The lowest BCUT2D eigenvalue weighted by Crippen LogP contribution is -2.55. The average molecular weight is 316 g/mol. The molecular formula is C13H24N4O5. The van der Waals surface area contributed by atoms with Gasteiger partial charge in [-0.2, -0.15) is 0 Å². The number of aliphatic hydroxyl groups excluding tert-OH is 1. The molecule has 0 aromatic carbocycles. The van der Waals surface area contributed by atoms with Gasteiger partial charge in [0.2, 0.25) is 11.8 Å². The SMILES string of the molecule is CCCCCC(=O)NCC(=O)N[C@H](C(=O)NC(N)=O)[C@@H](C)O. The van der Waals surface area contributed by atoms with Crippen molar-refractivity contribution in [3.63, 3.8) is 0 Å². The summed E-state index contributed by atoms with van der Waals surface area (Å²) in [5.41, 5.74) is 4.80. The molecule has 0 saturated carbocycles. The molecule has 0 aliphatic rings. The second-order valence-electron chi connectivity index (χ2n) is 4.87. The standard InChI is InChI=1S/C13H24N4O5/c1-3-4-5-6-9(19)15-7-10(20)16-11(8(2)18)12(21)17-13(14)22/h8,11,18H,3-7H2,1-2H3,(H,15,19)(H,16,20)(H3,14,17,21,22)/t8-,11+/m1/s1. The number of aliphatic hydroxyl groups is 1. The van der Waals surface area contributed by atoms with Crippen molar-refractivity contribution >= 4 is 23.8 Å². The number of nitrogens with one attached hydrogen (secondary N) is 3.